The van der Waals surface area contributed by atoms with E-state index in [0.29, 0.717) is 42.5 Å². The van der Waals surface area contributed by atoms with Crippen LogP contribution in [0.15, 0.2) is 48.5 Å². The number of urea groups is 1. The molecule has 2 aromatic carbocycles. The van der Waals surface area contributed by atoms with Gasteiger partial charge in [0.1, 0.15) is 0 Å². The number of benzene rings is 2. The molecule has 2 heterocycles. The lowest BCUT2D eigenvalue weighted by atomic mass is 9.89. The molecule has 2 saturated heterocycles. The van der Waals surface area contributed by atoms with Gasteiger partial charge in [-0.3, -0.25) is 4.90 Å². The number of anilines is 1. The number of likely N-dealkylation sites (tertiary alicyclic amines) is 1. The van der Waals surface area contributed by atoms with Gasteiger partial charge in [-0.05, 0) is 74.4 Å². The third kappa shape index (κ3) is 7.27. The van der Waals surface area contributed by atoms with Crippen LogP contribution in [-0.2, 0) is 23.3 Å². The van der Waals surface area contributed by atoms with E-state index in [-0.39, 0.29) is 12.1 Å². The number of rotatable bonds is 7. The van der Waals surface area contributed by atoms with Gasteiger partial charge >= 0.3 is 18.4 Å². The molecule has 2 aromatic rings. The maximum atomic E-state index is 13.1. The summed E-state index contributed by atoms with van der Waals surface area (Å²) < 4.78 is 84.0. The lowest BCUT2D eigenvalue weighted by molar-refractivity contribution is -0.376. The Hall–Kier alpha value is -2.83. The fourth-order valence-corrected chi connectivity index (χ4v) is 5.21. The van der Waals surface area contributed by atoms with Crippen LogP contribution in [0.3, 0.4) is 0 Å². The number of ether oxygens (including phenoxy) is 1. The van der Waals surface area contributed by atoms with Gasteiger partial charge in [0.25, 0.3) is 5.60 Å². The number of piperidine rings is 1. The van der Waals surface area contributed by atoms with E-state index in [1.807, 2.05) is 24.3 Å². The minimum absolute atomic E-state index is 0.0158. The Bertz CT molecular complexity index is 1090. The van der Waals surface area contributed by atoms with Crippen LogP contribution in [0, 0.1) is 5.92 Å². The number of amides is 2. The molecule has 2 fully saturated rings. The molecule has 0 radical (unpaired) electrons. The fourth-order valence-electron chi connectivity index (χ4n) is 5.21. The van der Waals surface area contributed by atoms with Crippen LogP contribution in [0.5, 0.6) is 0 Å². The molecule has 6 nitrogen and oxygen atoms in total. The number of aliphatic hydroxyl groups is 1. The van der Waals surface area contributed by atoms with Crippen LogP contribution >= 0.6 is 0 Å². The number of carbonyl (C=O) groups excluding carboxylic acids is 1. The first kappa shape index (κ1) is 30.1. The summed E-state index contributed by atoms with van der Waals surface area (Å²) in [5, 5.41) is 15.3. The largest absolute Gasteiger partial charge is 0.430 e. The van der Waals surface area contributed by atoms with E-state index in [0.717, 1.165) is 57.4 Å². The van der Waals surface area contributed by atoms with Crippen molar-refractivity contribution in [1.29, 1.82) is 0 Å². The maximum Gasteiger partial charge on any atom is 0.430 e. The summed E-state index contributed by atoms with van der Waals surface area (Å²) >= 11 is 0. The highest BCUT2D eigenvalue weighted by molar-refractivity contribution is 5.89. The Labute approximate surface area is 228 Å². The topological polar surface area (TPSA) is 73.8 Å². The predicted molar refractivity (Wildman–Crippen MR) is 137 cm³/mol. The van der Waals surface area contributed by atoms with Crippen molar-refractivity contribution in [2.24, 2.45) is 5.92 Å². The van der Waals surface area contributed by atoms with Crippen molar-refractivity contribution in [3.63, 3.8) is 0 Å². The molecule has 1 atom stereocenters. The molecular formula is C28H33F6N3O3. The summed E-state index contributed by atoms with van der Waals surface area (Å²) in [6.07, 6.45) is -7.33. The number of nitrogens with zero attached hydrogens (tertiary/aromatic N) is 1. The number of nitrogens with one attached hydrogen (secondary N) is 2. The summed E-state index contributed by atoms with van der Waals surface area (Å²) in [6.45, 7) is 3.12. The molecular weight excluding hydrogens is 540 g/mol. The number of hydrogen-bond acceptors (Lipinski definition) is 4. The summed E-state index contributed by atoms with van der Waals surface area (Å²) in [7, 11) is 0. The number of alkyl halides is 6. The maximum absolute atomic E-state index is 13.1. The molecule has 12 heteroatoms. The van der Waals surface area contributed by atoms with Crippen LogP contribution in [0.1, 0.15) is 42.4 Å². The van der Waals surface area contributed by atoms with E-state index >= 15 is 0 Å². The van der Waals surface area contributed by atoms with Gasteiger partial charge in [0.2, 0.25) is 0 Å². The standard InChI is InChI=1S/C28H33F6N3O3/c29-27(30,31)26(39,28(32,33)34)22-7-3-21(4-8-22)17-37-13-11-20(12-14-37)16-19-5-9-23(10-6-19)35-25(38)36-24-2-1-15-40-18-24/h3-10,20,24,39H,1-2,11-18H2,(H2,35,36,38). The Morgan fingerprint density at radius 2 is 1.50 bits per heavy atom. The summed E-state index contributed by atoms with van der Waals surface area (Å²) in [5.74, 6) is 0.431. The van der Waals surface area contributed by atoms with Crippen molar-refractivity contribution in [3.8, 4) is 0 Å². The number of halogens is 6. The van der Waals surface area contributed by atoms with Gasteiger partial charge < -0.3 is 20.5 Å². The molecule has 40 heavy (non-hydrogen) atoms. The van der Waals surface area contributed by atoms with Crippen LogP contribution in [-0.4, -0.2) is 60.7 Å². The van der Waals surface area contributed by atoms with Crippen molar-refractivity contribution >= 4 is 11.7 Å². The first-order chi connectivity index (χ1) is 18.8. The van der Waals surface area contributed by atoms with Gasteiger partial charge in [0, 0.05) is 24.4 Å². The van der Waals surface area contributed by atoms with Gasteiger partial charge in [0.15, 0.2) is 0 Å². The zero-order valence-corrected chi connectivity index (χ0v) is 21.8. The summed E-state index contributed by atoms with van der Waals surface area (Å²) in [4.78, 5) is 14.3. The molecule has 220 valence electrons. The molecule has 4 rings (SSSR count). The Morgan fingerprint density at radius 3 is 2.05 bits per heavy atom. The normalized spacial score (nSPS) is 19.8. The third-order valence-corrected chi connectivity index (χ3v) is 7.54. The number of carbonyl (C=O) groups is 1. The van der Waals surface area contributed by atoms with Crippen molar-refractivity contribution < 1.29 is 41.0 Å². The number of hydrogen-bond donors (Lipinski definition) is 3. The van der Waals surface area contributed by atoms with Crippen molar-refractivity contribution in [2.75, 3.05) is 31.6 Å². The van der Waals surface area contributed by atoms with E-state index in [1.54, 1.807) is 0 Å². The van der Waals surface area contributed by atoms with E-state index in [2.05, 4.69) is 15.5 Å². The van der Waals surface area contributed by atoms with Crippen LogP contribution in [0.2, 0.25) is 0 Å². The summed E-state index contributed by atoms with van der Waals surface area (Å²) in [6, 6.07) is 11.2. The highest BCUT2D eigenvalue weighted by Crippen LogP contribution is 2.50. The van der Waals surface area contributed by atoms with E-state index in [4.69, 9.17) is 4.74 Å². The molecule has 0 bridgehead atoms. The Balaban J connectivity index is 1.23. The van der Waals surface area contributed by atoms with Gasteiger partial charge in [-0.1, -0.05) is 36.4 Å². The molecule has 0 spiro atoms. The van der Waals surface area contributed by atoms with Crippen molar-refractivity contribution in [2.45, 2.75) is 62.6 Å². The minimum Gasteiger partial charge on any atom is -0.379 e. The summed E-state index contributed by atoms with van der Waals surface area (Å²) in [5.41, 5.74) is -3.76. The Morgan fingerprint density at radius 1 is 0.900 bits per heavy atom. The monoisotopic (exact) mass is 573 g/mol. The van der Waals surface area contributed by atoms with Gasteiger partial charge in [-0.25, -0.2) is 4.79 Å². The quantitative estimate of drug-likeness (QED) is 0.369. The lowest BCUT2D eigenvalue weighted by Crippen LogP contribution is -2.53. The first-order valence-corrected chi connectivity index (χ1v) is 13.3. The average molecular weight is 574 g/mol. The second-order valence-corrected chi connectivity index (χ2v) is 10.5. The molecule has 2 aliphatic heterocycles. The molecule has 3 N–H and O–H groups in total. The van der Waals surface area contributed by atoms with Gasteiger partial charge in [-0.15, -0.1) is 0 Å². The highest BCUT2D eigenvalue weighted by Gasteiger charge is 2.71. The van der Waals surface area contributed by atoms with Crippen LogP contribution in [0.25, 0.3) is 0 Å². The third-order valence-electron chi connectivity index (χ3n) is 7.54. The second kappa shape index (κ2) is 12.4. The average Bonchev–Trinajstić information content (AvgIpc) is 2.90. The van der Waals surface area contributed by atoms with Crippen LogP contribution in [0.4, 0.5) is 36.8 Å². The molecule has 2 amide bonds. The van der Waals surface area contributed by atoms with Crippen molar-refractivity contribution in [3.05, 3.63) is 65.2 Å². The molecule has 1 unspecified atom stereocenters. The Kier molecular flexibility index (Phi) is 9.31. The highest BCUT2D eigenvalue weighted by atomic mass is 19.4. The van der Waals surface area contributed by atoms with E-state index in [1.165, 1.54) is 12.1 Å². The van der Waals surface area contributed by atoms with Crippen LogP contribution < -0.4 is 10.6 Å². The fraction of sp³-hybridized carbons (Fsp3) is 0.536. The predicted octanol–water partition coefficient (Wildman–Crippen LogP) is 5.75. The second-order valence-electron chi connectivity index (χ2n) is 10.5. The molecule has 0 aliphatic carbocycles. The van der Waals surface area contributed by atoms with Gasteiger partial charge in [-0.2, -0.15) is 26.3 Å². The van der Waals surface area contributed by atoms with Gasteiger partial charge in [0.05, 0.1) is 12.6 Å². The minimum atomic E-state index is -5.90. The van der Waals surface area contributed by atoms with Crippen molar-refractivity contribution in [1.82, 2.24) is 10.2 Å². The lowest BCUT2D eigenvalue weighted by Gasteiger charge is -2.33. The molecule has 0 aromatic heterocycles. The zero-order chi connectivity index (χ0) is 29.0. The molecule has 2 aliphatic rings. The van der Waals surface area contributed by atoms with E-state index < -0.39 is 23.5 Å². The first-order valence-electron chi connectivity index (χ1n) is 13.3. The molecule has 0 saturated carbocycles. The smallest absolute Gasteiger partial charge is 0.379 e. The SMILES string of the molecule is O=C(Nc1ccc(CC2CCN(Cc3ccc(C(O)(C(F)(F)F)C(F)(F)F)cc3)CC2)cc1)NC1CCCOC1. The zero-order valence-electron chi connectivity index (χ0n) is 21.8. The van der Waals surface area contributed by atoms with E-state index in [9.17, 15) is 36.2 Å².